The van der Waals surface area contributed by atoms with Gasteiger partial charge in [-0.15, -0.1) is 11.3 Å². The average molecular weight is 496 g/mol. The number of fused-ring (bicyclic) bond motifs is 1. The molecule has 1 aliphatic rings. The third-order valence-corrected chi connectivity index (χ3v) is 6.46. The van der Waals surface area contributed by atoms with Crippen LogP contribution in [0.1, 0.15) is 5.69 Å². The van der Waals surface area contributed by atoms with Gasteiger partial charge < -0.3 is 20.9 Å². The van der Waals surface area contributed by atoms with Gasteiger partial charge in [-0.05, 0) is 30.3 Å². The number of hydrogen-bond donors (Lipinski definition) is 4. The molecule has 0 aliphatic carbocycles. The molecule has 2 aromatic heterocycles. The number of piperazine rings is 1. The first-order chi connectivity index (χ1) is 15.2. The summed E-state index contributed by atoms with van der Waals surface area (Å²) < 4.78 is 1.01. The standard InChI is InChI=1S/C22H22BrN7S/c1-14(25-17-4-2-3-5-20(17)30-10-8-24-9-11-30)19-13-31-22(26-19)27-21-16-7-6-15(23)12-18(16)28-29-21/h2-7,12-13,24-25H,1,8-11H2,(H2,26,27,28,29). The lowest BCUT2D eigenvalue weighted by atomic mass is 10.2. The zero-order valence-electron chi connectivity index (χ0n) is 16.8. The van der Waals surface area contributed by atoms with Gasteiger partial charge in [-0.1, -0.05) is 34.6 Å². The van der Waals surface area contributed by atoms with Crippen molar-refractivity contribution in [3.63, 3.8) is 0 Å². The zero-order valence-corrected chi connectivity index (χ0v) is 19.2. The van der Waals surface area contributed by atoms with E-state index in [1.807, 2.05) is 29.6 Å². The van der Waals surface area contributed by atoms with E-state index in [9.17, 15) is 0 Å². The van der Waals surface area contributed by atoms with Crippen LogP contribution in [0.4, 0.5) is 22.3 Å². The summed E-state index contributed by atoms with van der Waals surface area (Å²) in [4.78, 5) is 7.10. The number of hydrogen-bond acceptors (Lipinski definition) is 7. The van der Waals surface area contributed by atoms with Gasteiger partial charge in [0, 0.05) is 41.4 Å². The maximum absolute atomic E-state index is 4.71. The first-order valence-electron chi connectivity index (χ1n) is 10.0. The topological polar surface area (TPSA) is 80.9 Å². The summed E-state index contributed by atoms with van der Waals surface area (Å²) in [5.74, 6) is 0.756. The SMILES string of the molecule is C=C(Nc1ccccc1N1CCNCC1)c1csc(Nc2n[nH]c3cc(Br)ccc23)n1. The van der Waals surface area contributed by atoms with E-state index >= 15 is 0 Å². The smallest absolute Gasteiger partial charge is 0.188 e. The third-order valence-electron chi connectivity index (χ3n) is 5.21. The molecule has 0 amide bonds. The Balaban J connectivity index is 1.31. The lowest BCUT2D eigenvalue weighted by Gasteiger charge is -2.31. The highest BCUT2D eigenvalue weighted by atomic mass is 79.9. The van der Waals surface area contributed by atoms with E-state index in [0.717, 1.165) is 69.6 Å². The van der Waals surface area contributed by atoms with Crippen LogP contribution < -0.4 is 20.9 Å². The van der Waals surface area contributed by atoms with Gasteiger partial charge in [-0.3, -0.25) is 5.10 Å². The van der Waals surface area contributed by atoms with Crippen LogP contribution in [0.5, 0.6) is 0 Å². The third kappa shape index (κ3) is 4.30. The molecule has 2 aromatic carbocycles. The van der Waals surface area contributed by atoms with Crippen LogP contribution in [0.15, 0.2) is 58.9 Å². The molecule has 1 fully saturated rings. The quantitative estimate of drug-likeness (QED) is 0.300. The summed E-state index contributed by atoms with van der Waals surface area (Å²) in [6.07, 6.45) is 0. The highest BCUT2D eigenvalue weighted by Crippen LogP contribution is 2.31. The van der Waals surface area contributed by atoms with Gasteiger partial charge >= 0.3 is 0 Å². The molecule has 0 spiro atoms. The molecule has 1 saturated heterocycles. The van der Waals surface area contributed by atoms with Crippen LogP contribution in [0.25, 0.3) is 16.6 Å². The summed E-state index contributed by atoms with van der Waals surface area (Å²) >= 11 is 5.01. The van der Waals surface area contributed by atoms with Gasteiger partial charge in [0.25, 0.3) is 0 Å². The molecule has 0 radical (unpaired) electrons. The van der Waals surface area contributed by atoms with Gasteiger partial charge in [0.2, 0.25) is 0 Å². The first kappa shape index (κ1) is 20.0. The Bertz CT molecular complexity index is 1230. The van der Waals surface area contributed by atoms with E-state index in [-0.39, 0.29) is 0 Å². The average Bonchev–Trinajstić information content (AvgIpc) is 3.42. The van der Waals surface area contributed by atoms with Crippen molar-refractivity contribution in [2.75, 3.05) is 41.7 Å². The van der Waals surface area contributed by atoms with Crippen molar-refractivity contribution < 1.29 is 0 Å². The van der Waals surface area contributed by atoms with Crippen LogP contribution in [0.2, 0.25) is 0 Å². The molecule has 158 valence electrons. The Labute approximate surface area is 192 Å². The molecule has 0 atom stereocenters. The van der Waals surface area contributed by atoms with Crippen molar-refractivity contribution in [2.45, 2.75) is 0 Å². The maximum Gasteiger partial charge on any atom is 0.188 e. The summed E-state index contributed by atoms with van der Waals surface area (Å²) in [6.45, 7) is 8.19. The number of para-hydroxylation sites is 2. The van der Waals surface area contributed by atoms with E-state index in [2.05, 4.69) is 71.8 Å². The van der Waals surface area contributed by atoms with Crippen LogP contribution in [-0.4, -0.2) is 41.4 Å². The second-order valence-electron chi connectivity index (χ2n) is 7.28. The Morgan fingerprint density at radius 3 is 2.87 bits per heavy atom. The van der Waals surface area contributed by atoms with E-state index in [0.29, 0.717) is 0 Å². The van der Waals surface area contributed by atoms with Crippen LogP contribution in [-0.2, 0) is 0 Å². The van der Waals surface area contributed by atoms with Gasteiger partial charge in [0.1, 0.15) is 0 Å². The van der Waals surface area contributed by atoms with E-state index in [1.165, 1.54) is 17.0 Å². The molecule has 0 saturated carbocycles. The van der Waals surface area contributed by atoms with Crippen molar-refractivity contribution >= 4 is 66.2 Å². The number of H-pyrrole nitrogens is 1. The molecule has 4 N–H and O–H groups in total. The van der Waals surface area contributed by atoms with Crippen LogP contribution >= 0.6 is 27.3 Å². The van der Waals surface area contributed by atoms with E-state index in [4.69, 9.17) is 4.98 Å². The van der Waals surface area contributed by atoms with E-state index < -0.39 is 0 Å². The Morgan fingerprint density at radius 2 is 2.00 bits per heavy atom. The van der Waals surface area contributed by atoms with Crippen LogP contribution in [0.3, 0.4) is 0 Å². The summed E-state index contributed by atoms with van der Waals surface area (Å²) in [6, 6.07) is 14.4. The second-order valence-corrected chi connectivity index (χ2v) is 9.06. The first-order valence-corrected chi connectivity index (χ1v) is 11.7. The second kappa shape index (κ2) is 8.70. The molecule has 3 heterocycles. The minimum Gasteiger partial charge on any atom is -0.367 e. The molecule has 4 aromatic rings. The van der Waals surface area contributed by atoms with E-state index in [1.54, 1.807) is 0 Å². The highest BCUT2D eigenvalue weighted by molar-refractivity contribution is 9.10. The zero-order chi connectivity index (χ0) is 21.2. The Hall–Kier alpha value is -2.88. The molecule has 0 unspecified atom stereocenters. The Kier molecular flexibility index (Phi) is 5.63. The number of nitrogens with zero attached hydrogens (tertiary/aromatic N) is 3. The number of rotatable bonds is 6. The van der Waals surface area contributed by atoms with Gasteiger partial charge in [-0.25, -0.2) is 4.98 Å². The predicted octanol–water partition coefficient (Wildman–Crippen LogP) is 5.02. The van der Waals surface area contributed by atoms with Crippen molar-refractivity contribution in [3.05, 3.63) is 64.6 Å². The number of aromatic amines is 1. The summed E-state index contributed by atoms with van der Waals surface area (Å²) in [7, 11) is 0. The summed E-state index contributed by atoms with van der Waals surface area (Å²) in [5.41, 5.74) is 4.77. The number of anilines is 4. The molecular weight excluding hydrogens is 474 g/mol. The fourth-order valence-corrected chi connectivity index (χ4v) is 4.73. The largest absolute Gasteiger partial charge is 0.367 e. The molecule has 7 nitrogen and oxygen atoms in total. The van der Waals surface area contributed by atoms with Gasteiger partial charge in [0.05, 0.1) is 28.3 Å². The van der Waals surface area contributed by atoms with Crippen molar-refractivity contribution in [3.8, 4) is 0 Å². The van der Waals surface area contributed by atoms with Crippen LogP contribution in [0, 0.1) is 0 Å². The van der Waals surface area contributed by atoms with Crippen molar-refractivity contribution in [1.29, 1.82) is 0 Å². The number of thiazole rings is 1. The molecule has 9 heteroatoms. The lowest BCUT2D eigenvalue weighted by molar-refractivity contribution is 0.589. The fraction of sp³-hybridized carbons (Fsp3) is 0.182. The highest BCUT2D eigenvalue weighted by Gasteiger charge is 2.15. The normalized spacial score (nSPS) is 14.0. The number of aromatic nitrogens is 3. The predicted molar refractivity (Wildman–Crippen MR) is 133 cm³/mol. The van der Waals surface area contributed by atoms with Gasteiger partial charge in [0.15, 0.2) is 10.9 Å². The molecular formula is C22H22BrN7S. The molecule has 31 heavy (non-hydrogen) atoms. The Morgan fingerprint density at radius 1 is 1.16 bits per heavy atom. The van der Waals surface area contributed by atoms with Crippen molar-refractivity contribution in [1.82, 2.24) is 20.5 Å². The van der Waals surface area contributed by atoms with Crippen molar-refractivity contribution in [2.24, 2.45) is 0 Å². The molecule has 1 aliphatic heterocycles. The number of nitrogens with one attached hydrogen (secondary N) is 4. The fourth-order valence-electron chi connectivity index (χ4n) is 3.65. The minimum atomic E-state index is 0.756. The monoisotopic (exact) mass is 495 g/mol. The summed E-state index contributed by atoms with van der Waals surface area (Å²) in [5, 5.41) is 21.4. The maximum atomic E-state index is 4.71. The lowest BCUT2D eigenvalue weighted by Crippen LogP contribution is -2.43. The molecule has 0 bridgehead atoms. The minimum absolute atomic E-state index is 0.756. The number of benzene rings is 2. The van der Waals surface area contributed by atoms with Gasteiger partial charge in [-0.2, -0.15) is 5.10 Å². The number of halogens is 1. The molecule has 5 rings (SSSR count).